The summed E-state index contributed by atoms with van der Waals surface area (Å²) in [5, 5.41) is 8.86. The molecule has 0 bridgehead atoms. The van der Waals surface area contributed by atoms with Crippen LogP contribution in [0, 0.1) is 32.1 Å². The van der Waals surface area contributed by atoms with Crippen molar-refractivity contribution >= 4 is 17.6 Å². The van der Waals surface area contributed by atoms with Crippen molar-refractivity contribution < 1.29 is 14.3 Å². The summed E-state index contributed by atoms with van der Waals surface area (Å²) in [7, 11) is 0. The molecule has 0 aliphatic rings. The van der Waals surface area contributed by atoms with E-state index in [2.05, 4.69) is 4.98 Å². The summed E-state index contributed by atoms with van der Waals surface area (Å²) in [6.45, 7) is 5.53. The molecule has 6 nitrogen and oxygen atoms in total. The molecular weight excluding hydrogens is 330 g/mol. The van der Waals surface area contributed by atoms with Crippen LogP contribution >= 0.6 is 0 Å². The molecule has 0 aliphatic heterocycles. The maximum atomic E-state index is 12.6. The Morgan fingerprint density at radius 3 is 2.42 bits per heavy atom. The van der Waals surface area contributed by atoms with Gasteiger partial charge in [0.05, 0.1) is 18.1 Å². The largest absolute Gasteiger partial charge is 0.452 e. The van der Waals surface area contributed by atoms with Crippen LogP contribution in [0.25, 0.3) is 0 Å². The first-order valence-electron chi connectivity index (χ1n) is 8.26. The van der Waals surface area contributed by atoms with Gasteiger partial charge in [-0.05, 0) is 56.2 Å². The van der Waals surface area contributed by atoms with Gasteiger partial charge in [-0.25, -0.2) is 4.79 Å². The highest BCUT2D eigenvalue weighted by atomic mass is 16.5. The molecule has 0 radical (unpaired) electrons. The monoisotopic (exact) mass is 351 g/mol. The van der Waals surface area contributed by atoms with E-state index in [0.717, 1.165) is 16.8 Å². The third-order valence-corrected chi connectivity index (χ3v) is 3.74. The molecule has 0 unspecified atom stereocenters. The zero-order valence-corrected chi connectivity index (χ0v) is 15.2. The molecule has 0 N–H and O–H groups in total. The van der Waals surface area contributed by atoms with Gasteiger partial charge in [-0.15, -0.1) is 0 Å². The second-order valence-corrected chi connectivity index (χ2v) is 6.06. The number of anilines is 1. The van der Waals surface area contributed by atoms with Crippen molar-refractivity contribution in [3.05, 3.63) is 58.9 Å². The van der Waals surface area contributed by atoms with Crippen molar-refractivity contribution in [2.75, 3.05) is 18.1 Å². The Balaban J connectivity index is 2.10. The Hall–Kier alpha value is -3.20. The molecule has 134 valence electrons. The highest BCUT2D eigenvalue weighted by Gasteiger charge is 2.19. The first-order chi connectivity index (χ1) is 12.4. The van der Waals surface area contributed by atoms with E-state index in [4.69, 9.17) is 10.00 Å². The van der Waals surface area contributed by atoms with Crippen molar-refractivity contribution in [2.24, 2.45) is 0 Å². The van der Waals surface area contributed by atoms with E-state index in [1.807, 2.05) is 45.0 Å². The molecule has 2 rings (SSSR count). The second kappa shape index (κ2) is 8.77. The number of pyridine rings is 1. The topological polar surface area (TPSA) is 83.3 Å². The summed E-state index contributed by atoms with van der Waals surface area (Å²) < 4.78 is 5.12. The van der Waals surface area contributed by atoms with Gasteiger partial charge in [-0.1, -0.05) is 6.07 Å². The van der Waals surface area contributed by atoms with E-state index in [9.17, 15) is 9.59 Å². The SMILES string of the molecule is Cc1cc(C)cc(N(CCC#N)C(=O)COC(=O)c2ccc(C)nc2)c1. The average Bonchev–Trinajstić information content (AvgIpc) is 2.59. The van der Waals surface area contributed by atoms with Gasteiger partial charge < -0.3 is 9.64 Å². The number of nitriles is 1. The van der Waals surface area contributed by atoms with Gasteiger partial charge in [0, 0.05) is 24.1 Å². The van der Waals surface area contributed by atoms with Crippen molar-refractivity contribution in [3.8, 4) is 6.07 Å². The quantitative estimate of drug-likeness (QED) is 0.747. The highest BCUT2D eigenvalue weighted by molar-refractivity contribution is 5.97. The fourth-order valence-electron chi connectivity index (χ4n) is 2.54. The fraction of sp³-hybridized carbons (Fsp3) is 0.300. The van der Waals surface area contributed by atoms with Crippen molar-refractivity contribution in [3.63, 3.8) is 0 Å². The molecule has 2 aromatic rings. The van der Waals surface area contributed by atoms with Gasteiger partial charge in [-0.3, -0.25) is 9.78 Å². The van der Waals surface area contributed by atoms with Crippen LogP contribution in [0.3, 0.4) is 0 Å². The number of amides is 1. The Labute approximate surface area is 153 Å². The lowest BCUT2D eigenvalue weighted by Crippen LogP contribution is -2.35. The third kappa shape index (κ3) is 5.15. The minimum atomic E-state index is -0.605. The molecule has 0 atom stereocenters. The number of aromatic nitrogens is 1. The van der Waals surface area contributed by atoms with Crippen LogP contribution in [0.4, 0.5) is 5.69 Å². The summed E-state index contributed by atoms with van der Waals surface area (Å²) in [5.41, 5.74) is 3.79. The van der Waals surface area contributed by atoms with Crippen LogP contribution in [-0.2, 0) is 9.53 Å². The number of ether oxygens (including phenoxy) is 1. The lowest BCUT2D eigenvalue weighted by molar-refractivity contribution is -0.121. The van der Waals surface area contributed by atoms with Gasteiger partial charge in [-0.2, -0.15) is 5.26 Å². The number of hydrogen-bond donors (Lipinski definition) is 0. The molecule has 0 fully saturated rings. The number of carbonyl (C=O) groups is 2. The van der Waals surface area contributed by atoms with Crippen LogP contribution in [0.15, 0.2) is 36.5 Å². The fourth-order valence-corrected chi connectivity index (χ4v) is 2.54. The highest BCUT2D eigenvalue weighted by Crippen LogP contribution is 2.19. The number of aryl methyl sites for hydroxylation is 3. The number of benzene rings is 1. The van der Waals surface area contributed by atoms with Crippen LogP contribution in [0.5, 0.6) is 0 Å². The van der Waals surface area contributed by atoms with E-state index < -0.39 is 12.6 Å². The van der Waals surface area contributed by atoms with Gasteiger partial charge in [0.2, 0.25) is 0 Å². The number of carbonyl (C=O) groups excluding carboxylic acids is 2. The minimum absolute atomic E-state index is 0.189. The molecule has 1 amide bonds. The minimum Gasteiger partial charge on any atom is -0.452 e. The van der Waals surface area contributed by atoms with E-state index >= 15 is 0 Å². The number of rotatable bonds is 6. The van der Waals surface area contributed by atoms with Gasteiger partial charge in [0.15, 0.2) is 6.61 Å². The van der Waals surface area contributed by atoms with Crippen LogP contribution in [0.2, 0.25) is 0 Å². The van der Waals surface area contributed by atoms with Crippen molar-refractivity contribution in [1.29, 1.82) is 5.26 Å². The smallest absolute Gasteiger partial charge is 0.340 e. The first kappa shape index (κ1) is 19.1. The lowest BCUT2D eigenvalue weighted by atomic mass is 10.1. The Kier molecular flexibility index (Phi) is 6.45. The van der Waals surface area contributed by atoms with Crippen LogP contribution in [0.1, 0.15) is 33.6 Å². The zero-order chi connectivity index (χ0) is 19.1. The molecule has 0 saturated heterocycles. The predicted molar refractivity (Wildman–Crippen MR) is 97.8 cm³/mol. The third-order valence-electron chi connectivity index (χ3n) is 3.74. The summed E-state index contributed by atoms with van der Waals surface area (Å²) in [4.78, 5) is 30.2. The number of esters is 1. The molecule has 6 heteroatoms. The van der Waals surface area contributed by atoms with E-state index in [1.54, 1.807) is 12.1 Å². The Morgan fingerprint density at radius 1 is 1.15 bits per heavy atom. The maximum Gasteiger partial charge on any atom is 0.340 e. The zero-order valence-electron chi connectivity index (χ0n) is 15.2. The normalized spacial score (nSPS) is 10.1. The van der Waals surface area contributed by atoms with Crippen LogP contribution in [-0.4, -0.2) is 30.0 Å². The predicted octanol–water partition coefficient (Wildman–Crippen LogP) is 3.11. The van der Waals surface area contributed by atoms with Gasteiger partial charge in [0.25, 0.3) is 5.91 Å². The molecular formula is C20H21N3O3. The van der Waals surface area contributed by atoms with Gasteiger partial charge in [0.1, 0.15) is 0 Å². The molecule has 26 heavy (non-hydrogen) atoms. The molecule has 0 spiro atoms. The van der Waals surface area contributed by atoms with E-state index in [-0.39, 0.29) is 18.9 Å². The first-order valence-corrected chi connectivity index (χ1v) is 8.26. The summed E-state index contributed by atoms with van der Waals surface area (Å²) >= 11 is 0. The second-order valence-electron chi connectivity index (χ2n) is 6.06. The molecule has 1 heterocycles. The van der Waals surface area contributed by atoms with E-state index in [1.165, 1.54) is 11.1 Å². The van der Waals surface area contributed by atoms with Crippen molar-refractivity contribution in [1.82, 2.24) is 4.98 Å². The molecule has 1 aromatic heterocycles. The van der Waals surface area contributed by atoms with Crippen molar-refractivity contribution in [2.45, 2.75) is 27.2 Å². The average molecular weight is 351 g/mol. The number of hydrogen-bond acceptors (Lipinski definition) is 5. The van der Waals surface area contributed by atoms with Gasteiger partial charge >= 0.3 is 5.97 Å². The summed E-state index contributed by atoms with van der Waals surface area (Å²) in [5.74, 6) is -0.981. The Bertz CT molecular complexity index is 818. The molecule has 1 aromatic carbocycles. The summed E-state index contributed by atoms with van der Waals surface area (Å²) in [6.07, 6.45) is 1.61. The van der Waals surface area contributed by atoms with Crippen LogP contribution < -0.4 is 4.90 Å². The Morgan fingerprint density at radius 2 is 1.85 bits per heavy atom. The molecule has 0 aliphatic carbocycles. The van der Waals surface area contributed by atoms with E-state index in [0.29, 0.717) is 11.3 Å². The number of nitrogens with zero attached hydrogens (tertiary/aromatic N) is 3. The summed E-state index contributed by atoms with van der Waals surface area (Å²) in [6, 6.07) is 11.1. The maximum absolute atomic E-state index is 12.6. The lowest BCUT2D eigenvalue weighted by Gasteiger charge is -2.22. The standard InChI is InChI=1S/C20H21N3O3/c1-14-9-15(2)11-18(10-14)23(8-4-7-21)19(24)13-26-20(25)17-6-5-16(3)22-12-17/h5-6,9-12H,4,8,13H2,1-3H3. The molecule has 0 saturated carbocycles.